The quantitative estimate of drug-likeness (QED) is 0.669. The normalized spacial score (nSPS) is 10.7. The molecule has 0 aliphatic rings. The maximum absolute atomic E-state index is 11.4. The lowest BCUT2D eigenvalue weighted by Crippen LogP contribution is -2.15. The molecule has 0 radical (unpaired) electrons. The van der Waals surface area contributed by atoms with Gasteiger partial charge in [-0.3, -0.25) is 0 Å². The fourth-order valence-electron chi connectivity index (χ4n) is 1.12. The van der Waals surface area contributed by atoms with Crippen molar-refractivity contribution < 1.29 is 19.1 Å². The third kappa shape index (κ3) is 4.10. The first-order valence-electron chi connectivity index (χ1n) is 4.97. The van der Waals surface area contributed by atoms with Gasteiger partial charge in [0.2, 0.25) is 0 Å². The van der Waals surface area contributed by atoms with Crippen molar-refractivity contribution in [3.8, 4) is 0 Å². The Bertz CT molecular complexity index is 467. The highest BCUT2D eigenvalue weighted by Crippen LogP contribution is 2.15. The summed E-state index contributed by atoms with van der Waals surface area (Å²) in [5.41, 5.74) is 0.576. The lowest BCUT2D eigenvalue weighted by atomic mass is 10.3. The van der Waals surface area contributed by atoms with Crippen molar-refractivity contribution in [3.05, 3.63) is 41.1 Å². The molecule has 0 unspecified atom stereocenters. The molecule has 0 aliphatic carbocycles. The number of nitrogens with one attached hydrogen (secondary N) is 1. The van der Waals surface area contributed by atoms with Crippen molar-refractivity contribution in [2.45, 2.75) is 0 Å². The number of carbonyl (C=O) groups is 2. The first-order valence-corrected chi connectivity index (χ1v) is 5.35. The first-order chi connectivity index (χ1) is 8.56. The summed E-state index contributed by atoms with van der Waals surface area (Å²) in [6.07, 6.45) is 1.01. The van der Waals surface area contributed by atoms with Gasteiger partial charge >= 0.3 is 11.9 Å². The van der Waals surface area contributed by atoms with Gasteiger partial charge in [0, 0.05) is 10.7 Å². The second-order valence-electron chi connectivity index (χ2n) is 3.20. The van der Waals surface area contributed by atoms with Crippen LogP contribution >= 0.6 is 11.6 Å². The smallest absolute Gasteiger partial charge is 0.354 e. The van der Waals surface area contributed by atoms with E-state index >= 15 is 0 Å². The van der Waals surface area contributed by atoms with Crippen molar-refractivity contribution >= 4 is 29.2 Å². The summed E-state index contributed by atoms with van der Waals surface area (Å²) in [5, 5.41) is 3.32. The SMILES string of the molecule is COC(=O)/C=C(\Nc1ccc(Cl)cc1)C(=O)OC. The lowest BCUT2D eigenvalue weighted by molar-refractivity contribution is -0.138. The van der Waals surface area contributed by atoms with E-state index in [0.717, 1.165) is 6.08 Å². The van der Waals surface area contributed by atoms with E-state index in [2.05, 4.69) is 14.8 Å². The minimum absolute atomic E-state index is 0.0216. The number of methoxy groups -OCH3 is 2. The fraction of sp³-hybridized carbons (Fsp3) is 0.167. The molecule has 0 aliphatic heterocycles. The van der Waals surface area contributed by atoms with E-state index in [1.54, 1.807) is 24.3 Å². The van der Waals surface area contributed by atoms with Crippen LogP contribution in [0.5, 0.6) is 0 Å². The van der Waals surface area contributed by atoms with E-state index in [0.29, 0.717) is 10.7 Å². The van der Waals surface area contributed by atoms with Crippen LogP contribution in [-0.2, 0) is 19.1 Å². The van der Waals surface area contributed by atoms with Crippen LogP contribution in [0.15, 0.2) is 36.0 Å². The van der Waals surface area contributed by atoms with Gasteiger partial charge in [-0.1, -0.05) is 11.6 Å². The third-order valence-corrected chi connectivity index (χ3v) is 2.24. The molecule has 0 bridgehead atoms. The molecule has 6 heteroatoms. The molecule has 96 valence electrons. The standard InChI is InChI=1S/C12H12ClNO4/c1-17-11(15)7-10(12(16)18-2)14-9-5-3-8(13)4-6-9/h3-7,14H,1-2H3/b10-7-. The predicted molar refractivity (Wildman–Crippen MR) is 67.2 cm³/mol. The maximum atomic E-state index is 11.4. The van der Waals surface area contributed by atoms with Crippen molar-refractivity contribution in [2.24, 2.45) is 0 Å². The minimum atomic E-state index is -0.671. The highest BCUT2D eigenvalue weighted by Gasteiger charge is 2.12. The molecule has 18 heavy (non-hydrogen) atoms. The number of esters is 2. The number of ether oxygens (including phenoxy) is 2. The fourth-order valence-corrected chi connectivity index (χ4v) is 1.25. The summed E-state index contributed by atoms with van der Waals surface area (Å²) in [7, 11) is 2.44. The monoisotopic (exact) mass is 269 g/mol. The predicted octanol–water partition coefficient (Wildman–Crippen LogP) is 1.98. The van der Waals surface area contributed by atoms with Gasteiger partial charge in [-0.15, -0.1) is 0 Å². The summed E-state index contributed by atoms with van der Waals surface area (Å²) in [6.45, 7) is 0. The van der Waals surface area contributed by atoms with Crippen LogP contribution in [0.25, 0.3) is 0 Å². The van der Waals surface area contributed by atoms with Crippen LogP contribution in [0.4, 0.5) is 5.69 Å². The summed E-state index contributed by atoms with van der Waals surface area (Å²) in [5.74, 6) is -1.33. The molecular weight excluding hydrogens is 258 g/mol. The van der Waals surface area contributed by atoms with Gasteiger partial charge in [0.05, 0.1) is 20.3 Å². The van der Waals surface area contributed by atoms with E-state index in [4.69, 9.17) is 11.6 Å². The van der Waals surface area contributed by atoms with Crippen molar-refractivity contribution in [1.29, 1.82) is 0 Å². The van der Waals surface area contributed by atoms with Gasteiger partial charge in [0.1, 0.15) is 5.70 Å². The van der Waals surface area contributed by atoms with Crippen molar-refractivity contribution in [1.82, 2.24) is 0 Å². The van der Waals surface area contributed by atoms with E-state index in [1.807, 2.05) is 0 Å². The summed E-state index contributed by atoms with van der Waals surface area (Å²) in [6, 6.07) is 6.63. The van der Waals surface area contributed by atoms with Gasteiger partial charge in [-0.2, -0.15) is 0 Å². The highest BCUT2D eigenvalue weighted by molar-refractivity contribution is 6.30. The third-order valence-electron chi connectivity index (χ3n) is 1.99. The molecule has 1 N–H and O–H groups in total. The van der Waals surface area contributed by atoms with Crippen LogP contribution in [0.3, 0.4) is 0 Å². The van der Waals surface area contributed by atoms with Crippen molar-refractivity contribution in [3.63, 3.8) is 0 Å². The zero-order chi connectivity index (χ0) is 13.5. The summed E-state index contributed by atoms with van der Waals surface area (Å²) < 4.78 is 9.00. The number of halogens is 1. The van der Waals surface area contributed by atoms with Gasteiger partial charge in [-0.25, -0.2) is 9.59 Å². The second kappa shape index (κ2) is 6.66. The molecule has 0 aromatic heterocycles. The molecule has 0 fully saturated rings. The average molecular weight is 270 g/mol. The van der Waals surface area contributed by atoms with Crippen LogP contribution in [-0.4, -0.2) is 26.2 Å². The molecule has 0 atom stereocenters. The van der Waals surface area contributed by atoms with E-state index < -0.39 is 11.9 Å². The zero-order valence-electron chi connectivity index (χ0n) is 9.90. The van der Waals surface area contributed by atoms with Gasteiger partial charge in [-0.05, 0) is 24.3 Å². The summed E-state index contributed by atoms with van der Waals surface area (Å²) in [4.78, 5) is 22.6. The molecule has 0 spiro atoms. The molecular formula is C12H12ClNO4. The van der Waals surface area contributed by atoms with Crippen LogP contribution in [0.2, 0.25) is 5.02 Å². The average Bonchev–Trinajstić information content (AvgIpc) is 2.39. The molecule has 0 amide bonds. The maximum Gasteiger partial charge on any atom is 0.354 e. The van der Waals surface area contributed by atoms with Gasteiger partial charge < -0.3 is 14.8 Å². The van der Waals surface area contributed by atoms with E-state index in [1.165, 1.54) is 14.2 Å². The molecule has 1 aromatic carbocycles. The van der Waals surface area contributed by atoms with Crippen LogP contribution in [0.1, 0.15) is 0 Å². The molecule has 0 saturated carbocycles. The molecule has 0 saturated heterocycles. The van der Waals surface area contributed by atoms with E-state index in [9.17, 15) is 9.59 Å². The van der Waals surface area contributed by atoms with Gasteiger partial charge in [0.25, 0.3) is 0 Å². The second-order valence-corrected chi connectivity index (χ2v) is 3.64. The first kappa shape index (κ1) is 14.1. The minimum Gasteiger partial charge on any atom is -0.466 e. The van der Waals surface area contributed by atoms with E-state index in [-0.39, 0.29) is 5.70 Å². The summed E-state index contributed by atoms with van der Waals surface area (Å²) >= 11 is 5.74. The molecule has 1 rings (SSSR count). The Balaban J connectivity index is 2.91. The van der Waals surface area contributed by atoms with Crippen LogP contribution < -0.4 is 5.32 Å². The number of hydrogen-bond acceptors (Lipinski definition) is 5. The number of rotatable bonds is 4. The number of carbonyl (C=O) groups excluding carboxylic acids is 2. The lowest BCUT2D eigenvalue weighted by Gasteiger charge is -2.08. The Hall–Kier alpha value is -2.01. The number of hydrogen-bond donors (Lipinski definition) is 1. The number of anilines is 1. The van der Waals surface area contributed by atoms with Crippen LogP contribution in [0, 0.1) is 0 Å². The Morgan fingerprint density at radius 2 is 1.78 bits per heavy atom. The van der Waals surface area contributed by atoms with Crippen molar-refractivity contribution in [2.75, 3.05) is 19.5 Å². The zero-order valence-corrected chi connectivity index (χ0v) is 10.7. The number of benzene rings is 1. The Labute approximate surface area is 109 Å². The topological polar surface area (TPSA) is 64.6 Å². The largest absolute Gasteiger partial charge is 0.466 e. The Morgan fingerprint density at radius 3 is 2.28 bits per heavy atom. The molecule has 0 heterocycles. The Kier molecular flexibility index (Phi) is 5.20. The highest BCUT2D eigenvalue weighted by atomic mass is 35.5. The molecule has 5 nitrogen and oxygen atoms in total. The molecule has 1 aromatic rings. The Morgan fingerprint density at radius 1 is 1.17 bits per heavy atom. The van der Waals surface area contributed by atoms with Gasteiger partial charge in [0.15, 0.2) is 0 Å².